The summed E-state index contributed by atoms with van der Waals surface area (Å²) >= 11 is 0. The van der Waals surface area contributed by atoms with Gasteiger partial charge in [-0.3, -0.25) is 4.79 Å². The lowest BCUT2D eigenvalue weighted by molar-refractivity contribution is 0.0949. The Morgan fingerprint density at radius 1 is 0.920 bits per heavy atom. The molecule has 0 saturated heterocycles. The first-order valence-electron chi connectivity index (χ1n) is 7.80. The highest BCUT2D eigenvalue weighted by atomic mass is 19.1. The molecule has 0 aromatic heterocycles. The molecule has 3 N–H and O–H groups in total. The van der Waals surface area contributed by atoms with Gasteiger partial charge in [0.25, 0.3) is 5.91 Å². The van der Waals surface area contributed by atoms with Crippen molar-refractivity contribution in [3.05, 3.63) is 71.3 Å². The van der Waals surface area contributed by atoms with Crippen LogP contribution in [0.2, 0.25) is 0 Å². The maximum Gasteiger partial charge on any atom is 0.315 e. The van der Waals surface area contributed by atoms with E-state index < -0.39 is 29.6 Å². The van der Waals surface area contributed by atoms with E-state index in [4.69, 9.17) is 0 Å². The molecular formula is C18H19F2N3O2. The number of rotatable bonds is 6. The molecule has 2 aromatic rings. The zero-order chi connectivity index (χ0) is 18.2. The number of hydrogen-bond acceptors (Lipinski definition) is 2. The fourth-order valence-corrected chi connectivity index (χ4v) is 2.24. The first-order valence-corrected chi connectivity index (χ1v) is 7.80. The first-order chi connectivity index (χ1) is 12.0. The fraction of sp³-hybridized carbons (Fsp3) is 0.222. The summed E-state index contributed by atoms with van der Waals surface area (Å²) in [5.74, 6) is -1.56. The molecule has 0 radical (unpaired) electrons. The molecule has 0 fully saturated rings. The van der Waals surface area contributed by atoms with E-state index in [-0.39, 0.29) is 18.7 Å². The van der Waals surface area contributed by atoms with Crippen LogP contribution in [0.5, 0.6) is 0 Å². The van der Waals surface area contributed by atoms with Gasteiger partial charge in [-0.2, -0.15) is 0 Å². The third-order valence-corrected chi connectivity index (χ3v) is 3.53. The van der Waals surface area contributed by atoms with Crippen LogP contribution in [0.15, 0.2) is 48.5 Å². The van der Waals surface area contributed by atoms with E-state index in [0.717, 1.165) is 0 Å². The van der Waals surface area contributed by atoms with Gasteiger partial charge in [0.2, 0.25) is 0 Å². The molecule has 0 bridgehead atoms. The number of benzene rings is 2. The maximum absolute atomic E-state index is 13.6. The van der Waals surface area contributed by atoms with Gasteiger partial charge in [0, 0.05) is 18.7 Å². The van der Waals surface area contributed by atoms with E-state index in [1.54, 1.807) is 31.2 Å². The lowest BCUT2D eigenvalue weighted by Crippen LogP contribution is -2.41. The van der Waals surface area contributed by atoms with Gasteiger partial charge in [-0.05, 0) is 25.1 Å². The Labute approximate surface area is 144 Å². The summed E-state index contributed by atoms with van der Waals surface area (Å²) in [6.45, 7) is 1.95. The minimum Gasteiger partial charge on any atom is -0.350 e. The van der Waals surface area contributed by atoms with Crippen molar-refractivity contribution in [2.45, 2.75) is 13.0 Å². The molecule has 0 aliphatic carbocycles. The number of nitrogens with one attached hydrogen (secondary N) is 3. The quantitative estimate of drug-likeness (QED) is 0.703. The average Bonchev–Trinajstić information content (AvgIpc) is 2.59. The Hall–Kier alpha value is -2.96. The minimum absolute atomic E-state index is 0.0554. The van der Waals surface area contributed by atoms with Crippen molar-refractivity contribution >= 4 is 11.9 Å². The number of amides is 3. The molecule has 2 rings (SSSR count). The third kappa shape index (κ3) is 5.27. The normalized spacial score (nSPS) is 11.5. The van der Waals surface area contributed by atoms with Gasteiger partial charge in [0.15, 0.2) is 0 Å². The molecule has 3 amide bonds. The fourth-order valence-electron chi connectivity index (χ4n) is 2.24. The zero-order valence-electron chi connectivity index (χ0n) is 13.7. The largest absolute Gasteiger partial charge is 0.350 e. The molecule has 0 aliphatic heterocycles. The molecular weight excluding hydrogens is 328 g/mol. The van der Waals surface area contributed by atoms with Crippen LogP contribution in [0.3, 0.4) is 0 Å². The van der Waals surface area contributed by atoms with Crippen LogP contribution in [0.1, 0.15) is 28.9 Å². The summed E-state index contributed by atoms with van der Waals surface area (Å²) in [5, 5.41) is 7.65. The summed E-state index contributed by atoms with van der Waals surface area (Å²) in [4.78, 5) is 23.6. The summed E-state index contributed by atoms with van der Waals surface area (Å²) < 4.78 is 27.1. The molecule has 132 valence electrons. The van der Waals surface area contributed by atoms with Gasteiger partial charge in [-0.15, -0.1) is 0 Å². The number of carbonyl (C=O) groups is 2. The van der Waals surface area contributed by atoms with Crippen LogP contribution >= 0.6 is 0 Å². The maximum atomic E-state index is 13.6. The van der Waals surface area contributed by atoms with Crippen LogP contribution in [0.4, 0.5) is 13.6 Å². The standard InChI is InChI=1S/C18H19F2N3O2/c1-12(13-6-2-4-8-15(13)19)23-18(25)22-11-10-21-17(24)14-7-3-5-9-16(14)20/h2-9,12H,10-11H2,1H3,(H,21,24)(H2,22,23,25)/t12-/m1/s1. The van der Waals surface area contributed by atoms with Gasteiger partial charge in [-0.25, -0.2) is 13.6 Å². The van der Waals surface area contributed by atoms with E-state index in [1.165, 1.54) is 24.3 Å². The van der Waals surface area contributed by atoms with Crippen molar-refractivity contribution in [3.63, 3.8) is 0 Å². The van der Waals surface area contributed by atoms with E-state index in [1.807, 2.05) is 0 Å². The predicted octanol–water partition coefficient (Wildman–Crippen LogP) is 2.76. The highest BCUT2D eigenvalue weighted by molar-refractivity contribution is 5.94. The topological polar surface area (TPSA) is 70.2 Å². The van der Waals surface area contributed by atoms with E-state index >= 15 is 0 Å². The molecule has 5 nitrogen and oxygen atoms in total. The second-order valence-electron chi connectivity index (χ2n) is 5.38. The van der Waals surface area contributed by atoms with E-state index in [2.05, 4.69) is 16.0 Å². The number of hydrogen-bond donors (Lipinski definition) is 3. The number of carbonyl (C=O) groups excluding carboxylic acids is 2. The number of urea groups is 1. The Morgan fingerprint density at radius 2 is 1.52 bits per heavy atom. The highest BCUT2D eigenvalue weighted by Gasteiger charge is 2.13. The van der Waals surface area contributed by atoms with Gasteiger partial charge < -0.3 is 16.0 Å². The monoisotopic (exact) mass is 347 g/mol. The van der Waals surface area contributed by atoms with Crippen molar-refractivity contribution in [3.8, 4) is 0 Å². The van der Waals surface area contributed by atoms with Crippen LogP contribution in [0.25, 0.3) is 0 Å². The summed E-state index contributed by atoms with van der Waals surface area (Å²) in [6.07, 6.45) is 0. The lowest BCUT2D eigenvalue weighted by atomic mass is 10.1. The third-order valence-electron chi connectivity index (χ3n) is 3.53. The van der Waals surface area contributed by atoms with Gasteiger partial charge >= 0.3 is 6.03 Å². The molecule has 0 aliphatic rings. The Morgan fingerprint density at radius 3 is 2.20 bits per heavy atom. The number of halogens is 2. The van der Waals surface area contributed by atoms with Gasteiger partial charge in [0.1, 0.15) is 11.6 Å². The van der Waals surface area contributed by atoms with Crippen molar-refractivity contribution in [2.24, 2.45) is 0 Å². The zero-order valence-corrected chi connectivity index (χ0v) is 13.7. The smallest absolute Gasteiger partial charge is 0.315 e. The Balaban J connectivity index is 1.73. The van der Waals surface area contributed by atoms with Crippen LogP contribution in [-0.2, 0) is 0 Å². The van der Waals surface area contributed by atoms with Gasteiger partial charge in [-0.1, -0.05) is 30.3 Å². The van der Waals surface area contributed by atoms with E-state index in [9.17, 15) is 18.4 Å². The van der Waals surface area contributed by atoms with Crippen molar-refractivity contribution in [1.29, 1.82) is 0 Å². The molecule has 0 saturated carbocycles. The van der Waals surface area contributed by atoms with Gasteiger partial charge in [0.05, 0.1) is 11.6 Å². The molecule has 7 heteroatoms. The molecule has 0 heterocycles. The van der Waals surface area contributed by atoms with Crippen LogP contribution in [0, 0.1) is 11.6 Å². The molecule has 1 atom stereocenters. The highest BCUT2D eigenvalue weighted by Crippen LogP contribution is 2.15. The summed E-state index contributed by atoms with van der Waals surface area (Å²) in [5.41, 5.74) is 0.325. The van der Waals surface area contributed by atoms with Crippen LogP contribution < -0.4 is 16.0 Å². The Bertz CT molecular complexity index is 753. The SMILES string of the molecule is C[C@@H](NC(=O)NCCNC(=O)c1ccccc1F)c1ccccc1F. The summed E-state index contributed by atoms with van der Waals surface area (Å²) in [7, 11) is 0. The average molecular weight is 347 g/mol. The van der Waals surface area contributed by atoms with Crippen molar-refractivity contribution in [2.75, 3.05) is 13.1 Å². The van der Waals surface area contributed by atoms with E-state index in [0.29, 0.717) is 5.56 Å². The lowest BCUT2D eigenvalue weighted by Gasteiger charge is -2.15. The van der Waals surface area contributed by atoms with Crippen molar-refractivity contribution in [1.82, 2.24) is 16.0 Å². The minimum atomic E-state index is -0.607. The predicted molar refractivity (Wildman–Crippen MR) is 90.1 cm³/mol. The summed E-state index contributed by atoms with van der Waals surface area (Å²) in [6, 6.07) is 10.8. The first kappa shape index (κ1) is 18.4. The Kier molecular flexibility index (Phi) is 6.45. The van der Waals surface area contributed by atoms with Crippen LogP contribution in [-0.4, -0.2) is 25.0 Å². The molecule has 0 unspecified atom stereocenters. The second kappa shape index (κ2) is 8.77. The molecule has 2 aromatic carbocycles. The molecule has 25 heavy (non-hydrogen) atoms. The second-order valence-corrected chi connectivity index (χ2v) is 5.38. The van der Waals surface area contributed by atoms with Crippen molar-refractivity contribution < 1.29 is 18.4 Å². The molecule has 0 spiro atoms.